The maximum Gasteiger partial charge on any atom is 0.375 e. The molecular formula is C13H12N4OS2. The molecule has 2 aromatic rings. The summed E-state index contributed by atoms with van der Waals surface area (Å²) in [4.78, 5) is 16.0. The van der Waals surface area contributed by atoms with Crippen molar-refractivity contribution < 1.29 is 4.79 Å². The molecule has 0 atom stereocenters. The third kappa shape index (κ3) is 5.43. The lowest BCUT2D eigenvalue weighted by molar-refractivity contribution is 0.247. The first-order valence-electron chi connectivity index (χ1n) is 5.74. The van der Waals surface area contributed by atoms with Gasteiger partial charge in [-0.3, -0.25) is 5.43 Å². The van der Waals surface area contributed by atoms with Crippen LogP contribution in [0, 0.1) is 0 Å². The molecule has 2 aromatic carbocycles. The van der Waals surface area contributed by atoms with Gasteiger partial charge < -0.3 is 0 Å². The van der Waals surface area contributed by atoms with E-state index in [9.17, 15) is 4.79 Å². The summed E-state index contributed by atoms with van der Waals surface area (Å²) in [7, 11) is 0. The molecule has 0 fully saturated rings. The highest BCUT2D eigenvalue weighted by Gasteiger charge is 1.98. The van der Waals surface area contributed by atoms with Crippen molar-refractivity contribution in [1.29, 1.82) is 0 Å². The number of nitrogens with one attached hydrogen (secondary N) is 2. The Morgan fingerprint density at radius 3 is 2.15 bits per heavy atom. The molecule has 2 amide bonds. The van der Waals surface area contributed by atoms with Crippen LogP contribution in [0.4, 0.5) is 4.79 Å². The number of benzene rings is 2. The molecule has 0 aliphatic rings. The monoisotopic (exact) mass is 304 g/mol. The second kappa shape index (κ2) is 8.36. The van der Waals surface area contributed by atoms with Crippen molar-refractivity contribution in [3.63, 3.8) is 0 Å². The summed E-state index contributed by atoms with van der Waals surface area (Å²) in [5.41, 5.74) is 2.42. The van der Waals surface area contributed by atoms with Crippen molar-refractivity contribution in [2.24, 2.45) is 9.63 Å². The van der Waals surface area contributed by atoms with Crippen molar-refractivity contribution in [3.05, 3.63) is 60.7 Å². The predicted molar refractivity (Wildman–Crippen MR) is 81.1 cm³/mol. The van der Waals surface area contributed by atoms with E-state index in [0.717, 1.165) is 21.7 Å². The van der Waals surface area contributed by atoms with Crippen LogP contribution < -0.4 is 10.3 Å². The molecular weight excluding hydrogens is 292 g/mol. The van der Waals surface area contributed by atoms with E-state index in [1.165, 1.54) is 11.9 Å². The van der Waals surface area contributed by atoms with Gasteiger partial charge in [0.05, 0.1) is 0 Å². The van der Waals surface area contributed by atoms with E-state index in [1.807, 2.05) is 60.7 Å². The van der Waals surface area contributed by atoms with Crippen LogP contribution in [0.15, 0.2) is 80.1 Å². The fraction of sp³-hybridized carbons (Fsp3) is 0. The van der Waals surface area contributed by atoms with Crippen molar-refractivity contribution >= 4 is 29.9 Å². The Hall–Kier alpha value is -1.83. The molecule has 0 saturated carbocycles. The van der Waals surface area contributed by atoms with Crippen molar-refractivity contribution in [2.75, 3.05) is 0 Å². The summed E-state index contributed by atoms with van der Waals surface area (Å²) in [6, 6.07) is 18.6. The summed E-state index contributed by atoms with van der Waals surface area (Å²) >= 11 is 2.43. The smallest absolute Gasteiger partial charge is 0.260 e. The molecule has 5 nitrogen and oxygen atoms in total. The standard InChI is InChI=1S/C13H12N4OS2/c18-13(14-16-19-11-7-3-1-4-8-11)15-17-20-12-9-5-2-6-10-12/h1-10,16H,(H,14,18)/b17-15+. The SMILES string of the molecule is O=C(/N=N/Sc1ccccc1)NNSc1ccccc1. The zero-order chi connectivity index (χ0) is 14.0. The Balaban J connectivity index is 1.68. The van der Waals surface area contributed by atoms with Gasteiger partial charge in [0.2, 0.25) is 0 Å². The van der Waals surface area contributed by atoms with Crippen LogP contribution in [0.3, 0.4) is 0 Å². The van der Waals surface area contributed by atoms with E-state index in [2.05, 4.69) is 19.9 Å². The molecule has 20 heavy (non-hydrogen) atoms. The maximum absolute atomic E-state index is 11.4. The number of amides is 2. The van der Waals surface area contributed by atoms with Crippen molar-refractivity contribution in [1.82, 2.24) is 10.3 Å². The molecule has 0 saturated heterocycles. The van der Waals surface area contributed by atoms with E-state index in [1.54, 1.807) is 0 Å². The highest BCUT2D eigenvalue weighted by atomic mass is 32.2. The van der Waals surface area contributed by atoms with Crippen molar-refractivity contribution in [2.45, 2.75) is 9.79 Å². The van der Waals surface area contributed by atoms with Gasteiger partial charge in [0.25, 0.3) is 0 Å². The zero-order valence-corrected chi connectivity index (χ0v) is 12.0. The molecule has 0 aliphatic carbocycles. The molecule has 0 radical (unpaired) electrons. The van der Waals surface area contributed by atoms with E-state index in [-0.39, 0.29) is 0 Å². The largest absolute Gasteiger partial charge is 0.375 e. The van der Waals surface area contributed by atoms with E-state index in [0.29, 0.717) is 0 Å². The predicted octanol–water partition coefficient (Wildman–Crippen LogP) is 4.07. The highest BCUT2D eigenvalue weighted by molar-refractivity contribution is 7.98. The molecule has 0 unspecified atom stereocenters. The van der Waals surface area contributed by atoms with Gasteiger partial charge in [0.15, 0.2) is 0 Å². The summed E-state index contributed by atoms with van der Waals surface area (Å²) in [5.74, 6) is 0. The first kappa shape index (κ1) is 14.6. The first-order valence-corrected chi connectivity index (χ1v) is 7.33. The van der Waals surface area contributed by atoms with Gasteiger partial charge in [-0.05, 0) is 36.2 Å². The van der Waals surface area contributed by atoms with Gasteiger partial charge in [-0.2, -0.15) is 4.83 Å². The Bertz CT molecular complexity index is 563. The molecule has 0 aromatic heterocycles. The number of urea groups is 1. The topological polar surface area (TPSA) is 65.8 Å². The summed E-state index contributed by atoms with van der Waals surface area (Å²) in [6.07, 6.45) is 0. The van der Waals surface area contributed by atoms with Gasteiger partial charge in [-0.1, -0.05) is 41.5 Å². The minimum atomic E-state index is -0.545. The lowest BCUT2D eigenvalue weighted by Crippen LogP contribution is -2.29. The molecule has 2 rings (SSSR count). The second-order valence-electron chi connectivity index (χ2n) is 3.53. The number of carbonyl (C=O) groups is 1. The number of carbonyl (C=O) groups excluding carboxylic acids is 1. The normalized spacial score (nSPS) is 10.6. The highest BCUT2D eigenvalue weighted by Crippen LogP contribution is 2.18. The van der Waals surface area contributed by atoms with Gasteiger partial charge in [0, 0.05) is 21.7 Å². The van der Waals surface area contributed by atoms with Crippen LogP contribution in [0.2, 0.25) is 0 Å². The molecule has 0 spiro atoms. The third-order valence-corrected chi connectivity index (χ3v) is 3.45. The lowest BCUT2D eigenvalue weighted by atomic mass is 10.4. The fourth-order valence-electron chi connectivity index (χ4n) is 1.23. The molecule has 102 valence electrons. The fourth-order valence-corrected chi connectivity index (χ4v) is 2.27. The molecule has 7 heteroatoms. The average Bonchev–Trinajstić information content (AvgIpc) is 2.49. The van der Waals surface area contributed by atoms with Crippen LogP contribution in [0.5, 0.6) is 0 Å². The quantitative estimate of drug-likeness (QED) is 0.496. The summed E-state index contributed by atoms with van der Waals surface area (Å²) in [6.45, 7) is 0. The van der Waals surface area contributed by atoms with Gasteiger partial charge >= 0.3 is 6.03 Å². The minimum Gasteiger partial charge on any atom is -0.260 e. The summed E-state index contributed by atoms with van der Waals surface area (Å²) in [5, 5.41) is 3.51. The van der Waals surface area contributed by atoms with E-state index in [4.69, 9.17) is 0 Å². The third-order valence-electron chi connectivity index (χ3n) is 2.09. The van der Waals surface area contributed by atoms with Crippen molar-refractivity contribution in [3.8, 4) is 0 Å². The van der Waals surface area contributed by atoms with Crippen LogP contribution in [-0.2, 0) is 0 Å². The molecule has 0 heterocycles. The lowest BCUT2D eigenvalue weighted by Gasteiger charge is -2.02. The van der Waals surface area contributed by atoms with Crippen LogP contribution >= 0.6 is 23.9 Å². The van der Waals surface area contributed by atoms with E-state index < -0.39 is 6.03 Å². The number of rotatable bonds is 5. The van der Waals surface area contributed by atoms with Crippen LogP contribution in [0.25, 0.3) is 0 Å². The van der Waals surface area contributed by atoms with Crippen LogP contribution in [0.1, 0.15) is 0 Å². The van der Waals surface area contributed by atoms with Gasteiger partial charge in [-0.15, -0.1) is 4.52 Å². The molecule has 0 bridgehead atoms. The molecule has 0 aliphatic heterocycles. The molecule has 2 N–H and O–H groups in total. The second-order valence-corrected chi connectivity index (χ2v) is 5.23. The Morgan fingerprint density at radius 2 is 1.50 bits per heavy atom. The van der Waals surface area contributed by atoms with Gasteiger partial charge in [-0.25, -0.2) is 4.79 Å². The number of hydrogen-bond donors (Lipinski definition) is 2. The number of hydrogen-bond acceptors (Lipinski definition) is 5. The Morgan fingerprint density at radius 1 is 0.900 bits per heavy atom. The Labute approximate surface area is 125 Å². The Kier molecular flexibility index (Phi) is 6.09. The van der Waals surface area contributed by atoms with E-state index >= 15 is 0 Å². The van der Waals surface area contributed by atoms with Gasteiger partial charge in [0.1, 0.15) is 0 Å². The summed E-state index contributed by atoms with van der Waals surface area (Å²) < 4.78 is 3.75. The van der Waals surface area contributed by atoms with Crippen LogP contribution in [-0.4, -0.2) is 6.03 Å². The zero-order valence-electron chi connectivity index (χ0n) is 10.4. The number of nitrogens with zero attached hydrogens (tertiary/aromatic N) is 2. The average molecular weight is 304 g/mol. The minimum absolute atomic E-state index is 0.545. The number of hydrazine groups is 1. The first-order chi connectivity index (χ1) is 9.84. The maximum atomic E-state index is 11.4.